The lowest BCUT2D eigenvalue weighted by molar-refractivity contribution is -0.142. The highest BCUT2D eigenvalue weighted by Crippen LogP contribution is 2.08. The molecule has 278 valence electrons. The molecule has 50 heavy (non-hydrogen) atoms. The van der Waals surface area contributed by atoms with Crippen LogP contribution in [-0.2, 0) is 44.8 Å². The van der Waals surface area contributed by atoms with Crippen molar-refractivity contribution in [2.24, 2.45) is 23.3 Å². The van der Waals surface area contributed by atoms with E-state index in [1.165, 1.54) is 6.92 Å². The Morgan fingerprint density at radius 1 is 0.660 bits per heavy atom. The van der Waals surface area contributed by atoms with E-state index >= 15 is 0 Å². The van der Waals surface area contributed by atoms with E-state index in [9.17, 15) is 43.5 Å². The molecule has 7 amide bonds. The zero-order valence-electron chi connectivity index (χ0n) is 29.2. The number of carboxylic acids is 1. The average molecular weight is 705 g/mol. The molecule has 0 aromatic heterocycles. The first-order valence-electron chi connectivity index (χ1n) is 16.4. The fourth-order valence-electron chi connectivity index (χ4n) is 4.66. The Kier molecular flexibility index (Phi) is 18.7. The van der Waals surface area contributed by atoms with Gasteiger partial charge < -0.3 is 48.5 Å². The molecule has 0 aliphatic rings. The van der Waals surface area contributed by atoms with Gasteiger partial charge in [-0.05, 0) is 43.6 Å². The van der Waals surface area contributed by atoms with Gasteiger partial charge in [-0.2, -0.15) is 0 Å². The Morgan fingerprint density at radius 2 is 1.22 bits per heavy atom. The molecule has 0 unspecified atom stereocenters. The summed E-state index contributed by atoms with van der Waals surface area (Å²) < 4.78 is 0. The molecular formula is C33H52N8O9. The molecule has 0 spiro atoms. The molecule has 11 N–H and O–H groups in total. The number of hydrogen-bond acceptors (Lipinski definition) is 9. The van der Waals surface area contributed by atoms with E-state index in [-0.39, 0.29) is 37.5 Å². The molecule has 0 heterocycles. The summed E-state index contributed by atoms with van der Waals surface area (Å²) in [7, 11) is 0. The smallest absolute Gasteiger partial charge is 0.326 e. The number of hydrogen-bond donors (Lipinski definition) is 9. The number of nitrogens with one attached hydrogen (secondary N) is 6. The lowest BCUT2D eigenvalue weighted by Gasteiger charge is -2.23. The van der Waals surface area contributed by atoms with Gasteiger partial charge in [-0.3, -0.25) is 33.6 Å². The molecule has 0 bridgehead atoms. The Hall–Kier alpha value is -5.06. The predicted octanol–water partition coefficient (Wildman–Crippen LogP) is -1.81. The van der Waals surface area contributed by atoms with Gasteiger partial charge in [0.15, 0.2) is 0 Å². The summed E-state index contributed by atoms with van der Waals surface area (Å²) in [5.74, 6) is -6.18. The minimum atomic E-state index is -1.24. The van der Waals surface area contributed by atoms with Gasteiger partial charge in [0, 0.05) is 12.8 Å². The first kappa shape index (κ1) is 43.0. The number of carbonyl (C=O) groups is 8. The highest BCUT2D eigenvalue weighted by atomic mass is 16.4. The molecule has 1 rings (SSSR count). The van der Waals surface area contributed by atoms with Gasteiger partial charge in [0.05, 0.1) is 19.1 Å². The zero-order chi connectivity index (χ0) is 38.0. The third-order valence-electron chi connectivity index (χ3n) is 7.25. The second-order valence-electron chi connectivity index (χ2n) is 12.9. The van der Waals surface area contributed by atoms with Crippen molar-refractivity contribution in [3.8, 4) is 0 Å². The van der Waals surface area contributed by atoms with Crippen molar-refractivity contribution < 1.29 is 43.5 Å². The summed E-state index contributed by atoms with van der Waals surface area (Å²) in [6.07, 6.45) is 0.239. The number of aliphatic carboxylic acids is 1. The Morgan fingerprint density at radius 3 is 1.78 bits per heavy atom. The van der Waals surface area contributed by atoms with Crippen LogP contribution in [0.25, 0.3) is 0 Å². The third-order valence-corrected chi connectivity index (χ3v) is 7.25. The van der Waals surface area contributed by atoms with Gasteiger partial charge in [-0.1, -0.05) is 58.0 Å². The standard InChI is InChI=1S/C33H52N8O9/c1-18(2)13-22(34)30(46)40-23(11-12-26(35)42)31(47)38-20(5)29(45)37-16-27(43)36-17-28(44)39-24(14-19(3)4)32(48)41-25(33(49)50)15-21-9-7-6-8-10-21/h6-10,18-20,22-25H,11-17,34H2,1-5H3,(H2,35,42)(H,36,43)(H,37,45)(H,38,47)(H,39,44)(H,40,46)(H,41,48)(H,49,50)/t20-,22-,23-,24-,25-/m0/s1. The minimum Gasteiger partial charge on any atom is -0.480 e. The van der Waals surface area contributed by atoms with Gasteiger partial charge in [-0.25, -0.2) is 4.79 Å². The van der Waals surface area contributed by atoms with Crippen LogP contribution >= 0.6 is 0 Å². The number of primary amides is 1. The van der Waals surface area contributed by atoms with Crippen LogP contribution in [0.3, 0.4) is 0 Å². The van der Waals surface area contributed by atoms with Crippen molar-refractivity contribution >= 4 is 47.3 Å². The third kappa shape index (κ3) is 17.4. The largest absolute Gasteiger partial charge is 0.480 e. The molecule has 0 saturated carbocycles. The van der Waals surface area contributed by atoms with E-state index in [4.69, 9.17) is 11.5 Å². The molecule has 17 heteroatoms. The lowest BCUT2D eigenvalue weighted by atomic mass is 10.0. The summed E-state index contributed by atoms with van der Waals surface area (Å²) in [6.45, 7) is 7.61. The Labute approximate surface area is 291 Å². The van der Waals surface area contributed by atoms with E-state index in [1.807, 2.05) is 27.7 Å². The first-order valence-corrected chi connectivity index (χ1v) is 16.4. The Bertz CT molecular complexity index is 1340. The maximum atomic E-state index is 13.0. The van der Waals surface area contributed by atoms with Crippen molar-refractivity contribution in [3.05, 3.63) is 35.9 Å². The van der Waals surface area contributed by atoms with E-state index in [0.717, 1.165) is 0 Å². The molecule has 5 atom stereocenters. The van der Waals surface area contributed by atoms with Gasteiger partial charge in [0.2, 0.25) is 41.4 Å². The van der Waals surface area contributed by atoms with Crippen LogP contribution in [-0.4, -0.2) is 95.7 Å². The summed E-state index contributed by atoms with van der Waals surface area (Å²) in [4.78, 5) is 99.0. The highest BCUT2D eigenvalue weighted by Gasteiger charge is 2.29. The summed E-state index contributed by atoms with van der Waals surface area (Å²) >= 11 is 0. The van der Waals surface area contributed by atoms with E-state index in [1.54, 1.807) is 30.3 Å². The molecule has 0 fully saturated rings. The summed E-state index contributed by atoms with van der Waals surface area (Å²) in [5, 5.41) is 24.2. The van der Waals surface area contributed by atoms with Crippen molar-refractivity contribution in [2.45, 2.75) is 96.9 Å². The van der Waals surface area contributed by atoms with Crippen molar-refractivity contribution in [1.29, 1.82) is 0 Å². The fourth-order valence-corrected chi connectivity index (χ4v) is 4.66. The normalized spacial score (nSPS) is 13.9. The van der Waals surface area contributed by atoms with Gasteiger partial charge in [0.25, 0.3) is 0 Å². The number of amides is 7. The number of carbonyl (C=O) groups excluding carboxylic acids is 7. The molecular weight excluding hydrogens is 652 g/mol. The molecule has 17 nitrogen and oxygen atoms in total. The van der Waals surface area contributed by atoms with E-state index in [2.05, 4.69) is 31.9 Å². The second-order valence-corrected chi connectivity index (χ2v) is 12.9. The number of nitrogens with two attached hydrogens (primary N) is 2. The fraction of sp³-hybridized carbons (Fsp3) is 0.576. The monoisotopic (exact) mass is 704 g/mol. The van der Waals surface area contributed by atoms with Crippen molar-refractivity contribution in [1.82, 2.24) is 31.9 Å². The molecule has 1 aromatic rings. The van der Waals surface area contributed by atoms with Crippen LogP contribution in [0.2, 0.25) is 0 Å². The van der Waals surface area contributed by atoms with Crippen LogP contribution < -0.4 is 43.4 Å². The van der Waals surface area contributed by atoms with Crippen molar-refractivity contribution in [2.75, 3.05) is 13.1 Å². The number of benzene rings is 1. The lowest BCUT2D eigenvalue weighted by Crippen LogP contribution is -2.56. The summed E-state index contributed by atoms with van der Waals surface area (Å²) in [5.41, 5.74) is 11.8. The predicted molar refractivity (Wildman–Crippen MR) is 183 cm³/mol. The highest BCUT2D eigenvalue weighted by molar-refractivity contribution is 5.95. The molecule has 0 radical (unpaired) electrons. The van der Waals surface area contributed by atoms with Gasteiger partial charge >= 0.3 is 5.97 Å². The zero-order valence-corrected chi connectivity index (χ0v) is 29.2. The number of carboxylic acid groups (broad SMARTS) is 1. The molecule has 0 saturated heterocycles. The van der Waals surface area contributed by atoms with Gasteiger partial charge in [0.1, 0.15) is 24.2 Å². The Balaban J connectivity index is 2.67. The van der Waals surface area contributed by atoms with Gasteiger partial charge in [-0.15, -0.1) is 0 Å². The maximum absolute atomic E-state index is 13.0. The second kappa shape index (κ2) is 21.8. The van der Waals surface area contributed by atoms with Crippen LogP contribution in [0.15, 0.2) is 30.3 Å². The summed E-state index contributed by atoms with van der Waals surface area (Å²) in [6, 6.07) is 3.16. The van der Waals surface area contributed by atoms with E-state index < -0.39 is 90.6 Å². The number of rotatable bonds is 22. The topological polar surface area (TPSA) is 281 Å². The quantitative estimate of drug-likeness (QED) is 0.0652. The first-order chi connectivity index (χ1) is 23.4. The van der Waals surface area contributed by atoms with Crippen LogP contribution in [0.5, 0.6) is 0 Å². The minimum absolute atomic E-state index is 0.0356. The molecule has 1 aromatic carbocycles. The maximum Gasteiger partial charge on any atom is 0.326 e. The van der Waals surface area contributed by atoms with Crippen LogP contribution in [0.4, 0.5) is 0 Å². The average Bonchev–Trinajstić information content (AvgIpc) is 3.03. The van der Waals surface area contributed by atoms with Crippen LogP contribution in [0, 0.1) is 11.8 Å². The molecule has 0 aliphatic carbocycles. The molecule has 0 aliphatic heterocycles. The van der Waals surface area contributed by atoms with Crippen LogP contribution in [0.1, 0.15) is 65.9 Å². The SMILES string of the molecule is CC(C)C[C@H](NC(=O)CNC(=O)CNC(=O)[C@H](C)NC(=O)[C@H](CCC(N)=O)NC(=O)[C@@H](N)CC(C)C)C(=O)N[C@@H](Cc1ccccc1)C(=O)O. The van der Waals surface area contributed by atoms with Crippen molar-refractivity contribution in [3.63, 3.8) is 0 Å². The van der Waals surface area contributed by atoms with E-state index in [0.29, 0.717) is 12.0 Å².